The van der Waals surface area contributed by atoms with E-state index in [1.165, 1.54) is 0 Å². The molecule has 0 aliphatic heterocycles. The second-order valence-corrected chi connectivity index (χ2v) is 8.03. The number of halogens is 1. The van der Waals surface area contributed by atoms with Gasteiger partial charge in [0.1, 0.15) is 6.10 Å². The van der Waals surface area contributed by atoms with Crippen LogP contribution in [0.1, 0.15) is 57.6 Å². The smallest absolute Gasteiger partial charge is 0.168 e. The molecule has 1 aromatic rings. The lowest BCUT2D eigenvalue weighted by molar-refractivity contribution is -0.138. The zero-order valence-corrected chi connectivity index (χ0v) is 15.6. The quantitative estimate of drug-likeness (QED) is 0.711. The van der Waals surface area contributed by atoms with E-state index in [2.05, 4.69) is 0 Å². The summed E-state index contributed by atoms with van der Waals surface area (Å²) in [5.74, 6) is 0.0426. The average Bonchev–Trinajstić information content (AvgIpc) is 3.03. The van der Waals surface area contributed by atoms with E-state index >= 15 is 0 Å². The molecule has 3 unspecified atom stereocenters. The van der Waals surface area contributed by atoms with Gasteiger partial charge >= 0.3 is 0 Å². The first-order valence-electron chi connectivity index (χ1n) is 8.26. The zero-order chi connectivity index (χ0) is 17.0. The molecule has 0 radical (unpaired) electrons. The molecule has 0 bridgehead atoms. The highest BCUT2D eigenvalue weighted by atomic mass is 35.5. The summed E-state index contributed by atoms with van der Waals surface area (Å²) in [5.41, 5.74) is 0.765. The van der Waals surface area contributed by atoms with E-state index in [1.807, 2.05) is 19.9 Å². The summed E-state index contributed by atoms with van der Waals surface area (Å²) in [7, 11) is -1.14. The van der Waals surface area contributed by atoms with Gasteiger partial charge < -0.3 is 4.74 Å². The average molecular weight is 357 g/mol. The fourth-order valence-corrected chi connectivity index (χ4v) is 4.01. The van der Waals surface area contributed by atoms with Crippen molar-refractivity contribution in [2.75, 3.05) is 6.26 Å². The Labute approximate surface area is 146 Å². The normalized spacial score (nSPS) is 19.5. The summed E-state index contributed by atoms with van der Waals surface area (Å²) < 4.78 is 17.8. The highest BCUT2D eigenvalue weighted by Crippen LogP contribution is 2.33. The van der Waals surface area contributed by atoms with Crippen LogP contribution in [-0.2, 0) is 20.3 Å². The van der Waals surface area contributed by atoms with Crippen LogP contribution in [0.15, 0.2) is 23.1 Å². The highest BCUT2D eigenvalue weighted by molar-refractivity contribution is 7.84. The van der Waals surface area contributed by atoms with Crippen molar-refractivity contribution in [3.8, 4) is 0 Å². The first-order chi connectivity index (χ1) is 10.9. The number of hydrogen-bond acceptors (Lipinski definition) is 3. The molecule has 3 atom stereocenters. The minimum absolute atomic E-state index is 0.0554. The standard InChI is InChI=1S/C18H25ClO3S/c1-4-12(2)17(20)18(22-14-7-5-6-8-14)13-9-10-16(23(3)21)15(19)11-13/h9-12,14,18H,4-8H2,1-3H3. The molecule has 0 amide bonds. The van der Waals surface area contributed by atoms with Crippen molar-refractivity contribution in [1.29, 1.82) is 0 Å². The molecule has 5 heteroatoms. The van der Waals surface area contributed by atoms with E-state index in [-0.39, 0.29) is 17.8 Å². The number of benzene rings is 1. The Balaban J connectivity index is 2.30. The van der Waals surface area contributed by atoms with E-state index in [0.29, 0.717) is 9.92 Å². The van der Waals surface area contributed by atoms with Crippen molar-refractivity contribution in [2.45, 2.75) is 63.1 Å². The molecule has 0 saturated heterocycles. The molecule has 1 aromatic carbocycles. The van der Waals surface area contributed by atoms with Crippen LogP contribution in [0.25, 0.3) is 0 Å². The number of hydrogen-bond donors (Lipinski definition) is 0. The molecule has 1 fully saturated rings. The maximum atomic E-state index is 12.8. The third kappa shape index (κ3) is 4.65. The number of carbonyl (C=O) groups is 1. The minimum Gasteiger partial charge on any atom is -0.362 e. The van der Waals surface area contributed by atoms with Gasteiger partial charge in [-0.1, -0.05) is 44.4 Å². The Morgan fingerprint density at radius 3 is 2.57 bits per heavy atom. The molecular formula is C18H25ClO3S. The van der Waals surface area contributed by atoms with Crippen LogP contribution in [0.5, 0.6) is 0 Å². The third-order valence-corrected chi connectivity index (χ3v) is 5.96. The third-order valence-electron chi connectivity index (χ3n) is 4.56. The van der Waals surface area contributed by atoms with Gasteiger partial charge in [-0.15, -0.1) is 0 Å². The minimum atomic E-state index is -1.14. The van der Waals surface area contributed by atoms with Crippen LogP contribution in [-0.4, -0.2) is 22.4 Å². The van der Waals surface area contributed by atoms with Crippen molar-refractivity contribution >= 4 is 28.2 Å². The molecule has 3 nitrogen and oxygen atoms in total. The molecule has 1 aliphatic rings. The van der Waals surface area contributed by atoms with Gasteiger partial charge in [0.15, 0.2) is 5.78 Å². The van der Waals surface area contributed by atoms with Gasteiger partial charge in [-0.3, -0.25) is 9.00 Å². The Kier molecular flexibility index (Phi) is 6.81. The van der Waals surface area contributed by atoms with E-state index in [4.69, 9.17) is 16.3 Å². The summed E-state index contributed by atoms with van der Waals surface area (Å²) in [6.45, 7) is 3.94. The van der Waals surface area contributed by atoms with Crippen LogP contribution >= 0.6 is 11.6 Å². The lowest BCUT2D eigenvalue weighted by Gasteiger charge is -2.24. The van der Waals surface area contributed by atoms with Gasteiger partial charge in [-0.05, 0) is 37.0 Å². The second-order valence-electron chi connectivity index (χ2n) is 6.28. The summed E-state index contributed by atoms with van der Waals surface area (Å²) in [5, 5.41) is 0.431. The molecular weight excluding hydrogens is 332 g/mol. The van der Waals surface area contributed by atoms with Gasteiger partial charge in [0.25, 0.3) is 0 Å². The predicted octanol–water partition coefficient (Wildman–Crippen LogP) is 4.69. The first-order valence-corrected chi connectivity index (χ1v) is 10.2. The molecule has 2 rings (SSSR count). The molecule has 23 heavy (non-hydrogen) atoms. The monoisotopic (exact) mass is 356 g/mol. The largest absolute Gasteiger partial charge is 0.362 e. The van der Waals surface area contributed by atoms with E-state index in [0.717, 1.165) is 37.7 Å². The Morgan fingerprint density at radius 1 is 1.39 bits per heavy atom. The van der Waals surface area contributed by atoms with Gasteiger partial charge in [0.2, 0.25) is 0 Å². The van der Waals surface area contributed by atoms with Gasteiger partial charge in [0.05, 0.1) is 26.8 Å². The van der Waals surface area contributed by atoms with Crippen molar-refractivity contribution in [1.82, 2.24) is 0 Å². The molecule has 0 spiro atoms. The van der Waals surface area contributed by atoms with Crippen molar-refractivity contribution < 1.29 is 13.7 Å². The summed E-state index contributed by atoms with van der Waals surface area (Å²) in [6.07, 6.45) is 6.28. The highest BCUT2D eigenvalue weighted by Gasteiger charge is 2.30. The van der Waals surface area contributed by atoms with Crippen molar-refractivity contribution in [2.24, 2.45) is 5.92 Å². The van der Waals surface area contributed by atoms with Gasteiger partial charge in [-0.25, -0.2) is 0 Å². The molecule has 128 valence electrons. The van der Waals surface area contributed by atoms with Crippen LogP contribution in [0, 0.1) is 5.92 Å². The van der Waals surface area contributed by atoms with Crippen molar-refractivity contribution in [3.63, 3.8) is 0 Å². The van der Waals surface area contributed by atoms with Crippen LogP contribution < -0.4 is 0 Å². The maximum absolute atomic E-state index is 12.8. The fraction of sp³-hybridized carbons (Fsp3) is 0.611. The zero-order valence-electron chi connectivity index (χ0n) is 14.0. The predicted molar refractivity (Wildman–Crippen MR) is 94.3 cm³/mol. The number of ketones is 1. The van der Waals surface area contributed by atoms with Crippen LogP contribution in [0.2, 0.25) is 5.02 Å². The summed E-state index contributed by atoms with van der Waals surface area (Å²) >= 11 is 6.24. The van der Waals surface area contributed by atoms with E-state index < -0.39 is 16.9 Å². The lowest BCUT2D eigenvalue weighted by Crippen LogP contribution is -2.25. The summed E-state index contributed by atoms with van der Waals surface area (Å²) in [6, 6.07) is 5.30. The SMILES string of the molecule is CCC(C)C(=O)C(OC1CCCC1)c1ccc(S(C)=O)c(Cl)c1. The topological polar surface area (TPSA) is 43.4 Å². The molecule has 0 N–H and O–H groups in total. The molecule has 1 aliphatic carbocycles. The molecule has 0 aromatic heterocycles. The van der Waals surface area contributed by atoms with Gasteiger partial charge in [0, 0.05) is 12.2 Å². The fourth-order valence-electron chi connectivity index (χ4n) is 2.90. The van der Waals surface area contributed by atoms with Gasteiger partial charge in [-0.2, -0.15) is 0 Å². The first kappa shape index (κ1) is 18.6. The number of Topliss-reactive ketones (excluding diaryl/α,β-unsaturated/α-hetero) is 1. The van der Waals surface area contributed by atoms with E-state index in [1.54, 1.807) is 18.4 Å². The van der Waals surface area contributed by atoms with Crippen molar-refractivity contribution in [3.05, 3.63) is 28.8 Å². The van der Waals surface area contributed by atoms with E-state index in [9.17, 15) is 9.00 Å². The van der Waals surface area contributed by atoms with Crippen LogP contribution in [0.4, 0.5) is 0 Å². The Hall–Kier alpha value is -0.710. The number of ether oxygens (including phenoxy) is 1. The maximum Gasteiger partial charge on any atom is 0.168 e. The Bertz CT molecular complexity index is 582. The lowest BCUT2D eigenvalue weighted by atomic mass is 9.94. The number of rotatable bonds is 7. The molecule has 0 heterocycles. The molecule has 1 saturated carbocycles. The second kappa shape index (κ2) is 8.41. The van der Waals surface area contributed by atoms with Crippen LogP contribution in [0.3, 0.4) is 0 Å². The summed E-state index contributed by atoms with van der Waals surface area (Å²) in [4.78, 5) is 13.4. The Morgan fingerprint density at radius 2 is 2.04 bits per heavy atom. The number of carbonyl (C=O) groups excluding carboxylic acids is 1.